The number of halogens is 12. The molecule has 12 rings (SSSR count). The van der Waals surface area contributed by atoms with Gasteiger partial charge in [0.25, 0.3) is 0 Å². The fraction of sp³-hybridized carbons (Fsp3) is 0.556. The third kappa shape index (κ3) is 9.11. The van der Waals surface area contributed by atoms with E-state index in [0.29, 0.717) is 100 Å². The van der Waals surface area contributed by atoms with Crippen molar-refractivity contribution in [1.29, 1.82) is 0 Å². The van der Waals surface area contributed by atoms with Crippen LogP contribution in [0.2, 0.25) is 0 Å². The number of hydrogen-bond acceptors (Lipinski definition) is 10. The molecule has 0 unspecified atom stereocenters. The molecule has 0 radical (unpaired) electrons. The van der Waals surface area contributed by atoms with Gasteiger partial charge in [-0.15, -0.1) is 20.4 Å². The second-order valence-electron chi connectivity index (χ2n) is 19.0. The molecular formula is C45H44F12N10O2. The van der Waals surface area contributed by atoms with Gasteiger partial charge in [-0.1, -0.05) is 46.7 Å². The van der Waals surface area contributed by atoms with Crippen molar-refractivity contribution in [2.45, 2.75) is 143 Å². The number of nitrogens with zero attached hydrogens (tertiary/aromatic N) is 10. The van der Waals surface area contributed by atoms with E-state index in [0.717, 1.165) is 12.1 Å². The van der Waals surface area contributed by atoms with Crippen molar-refractivity contribution in [2.24, 2.45) is 14.1 Å². The maximum Gasteiger partial charge on any atom is 0.417 e. The number of aryl methyl sites for hydroxylation is 1. The highest BCUT2D eigenvalue weighted by Crippen LogP contribution is 2.59. The first kappa shape index (κ1) is 48.2. The normalized spacial score (nSPS) is 25.0. The van der Waals surface area contributed by atoms with Gasteiger partial charge in [0, 0.05) is 53.3 Å². The van der Waals surface area contributed by atoms with Crippen molar-refractivity contribution in [3.05, 3.63) is 94.7 Å². The average Bonchev–Trinajstić information content (AvgIpc) is 4.14. The summed E-state index contributed by atoms with van der Waals surface area (Å²) in [5.74, 6) is 1.87. The number of aromatic nitrogens is 10. The molecule has 6 aromatic rings. The van der Waals surface area contributed by atoms with Crippen molar-refractivity contribution in [3.8, 4) is 22.8 Å². The van der Waals surface area contributed by atoms with E-state index in [1.165, 1.54) is 30.3 Å². The van der Waals surface area contributed by atoms with Gasteiger partial charge in [0.05, 0.1) is 17.5 Å². The van der Waals surface area contributed by atoms with Crippen LogP contribution in [0.4, 0.5) is 52.7 Å². The van der Waals surface area contributed by atoms with Gasteiger partial charge in [-0.2, -0.15) is 62.7 Å². The molecule has 6 saturated carbocycles. The molecule has 370 valence electrons. The number of rotatable bonds is 9. The number of benzene rings is 2. The summed E-state index contributed by atoms with van der Waals surface area (Å²) in [6.45, 7) is 0. The second-order valence-corrected chi connectivity index (χ2v) is 19.0. The fourth-order valence-electron chi connectivity index (χ4n) is 11.1. The summed E-state index contributed by atoms with van der Waals surface area (Å²) in [6.07, 6.45) is -12.4. The standard InChI is InChI=1S/C23H23F6N5O.C22H21F6N5O/c1-34-17(14-4-2-3-5-15(14)23(27,28)29)31-32-19(34)21-11-8-20(9-12-21,10-13-21)18-30-16(35-33-18)6-7-22(24,25)26;1-33-16(13-4-2-3-5-14(13)22(26,27)28)30-31-18(33)20-9-6-19(7-10-20,8-11-20)17-29-15(34-32-17)12-21(23,24)25/h2-5H,6-13H2,1H3;2-5H,6-12H2,1H3. The van der Waals surface area contributed by atoms with Crippen LogP contribution in [0.15, 0.2) is 57.6 Å². The lowest BCUT2D eigenvalue weighted by atomic mass is 9.53. The molecule has 24 heteroatoms. The Kier molecular flexibility index (Phi) is 11.8. The van der Waals surface area contributed by atoms with Gasteiger partial charge in [0.2, 0.25) is 11.8 Å². The Labute approximate surface area is 385 Å². The fourth-order valence-corrected chi connectivity index (χ4v) is 11.1. The van der Waals surface area contributed by atoms with E-state index < -0.39 is 60.0 Å². The van der Waals surface area contributed by atoms with E-state index in [1.807, 2.05) is 0 Å². The van der Waals surface area contributed by atoms with Crippen LogP contribution in [0.5, 0.6) is 0 Å². The monoisotopic (exact) mass is 984 g/mol. The highest BCUT2D eigenvalue weighted by Gasteiger charge is 2.56. The maximum absolute atomic E-state index is 13.6. The number of fused-ring (bicyclic) bond motifs is 6. The topological polar surface area (TPSA) is 139 Å². The van der Waals surface area contributed by atoms with E-state index >= 15 is 0 Å². The molecule has 0 N–H and O–H groups in total. The first-order valence-corrected chi connectivity index (χ1v) is 22.3. The van der Waals surface area contributed by atoms with Gasteiger partial charge in [-0.05, 0) is 89.2 Å². The summed E-state index contributed by atoms with van der Waals surface area (Å²) in [5, 5.41) is 24.8. The van der Waals surface area contributed by atoms with Crippen LogP contribution in [0.3, 0.4) is 0 Å². The van der Waals surface area contributed by atoms with Crippen LogP contribution in [0.1, 0.15) is 130 Å². The molecule has 69 heavy (non-hydrogen) atoms. The molecule has 6 aliphatic carbocycles. The third-order valence-corrected chi connectivity index (χ3v) is 15.0. The molecule has 2 aromatic carbocycles. The Balaban J connectivity index is 0.000000172. The lowest BCUT2D eigenvalue weighted by Crippen LogP contribution is -2.48. The SMILES string of the molecule is Cn1c(-c2ccccc2C(F)(F)F)nnc1C12CCC(c3noc(CC(F)(F)F)n3)(CC1)CC2.Cn1c(-c2ccccc2C(F)(F)F)nnc1C12CCC(c3noc(CCC(F)(F)F)n3)(CC1)CC2. The van der Waals surface area contributed by atoms with Crippen LogP contribution in [0, 0.1) is 0 Å². The minimum absolute atomic E-state index is 0.0169. The van der Waals surface area contributed by atoms with Gasteiger partial charge < -0.3 is 18.2 Å². The molecule has 0 aliphatic heterocycles. The molecule has 12 nitrogen and oxygen atoms in total. The minimum atomic E-state index is -4.52. The van der Waals surface area contributed by atoms with E-state index in [9.17, 15) is 52.7 Å². The Morgan fingerprint density at radius 2 is 0.841 bits per heavy atom. The first-order valence-electron chi connectivity index (χ1n) is 22.3. The van der Waals surface area contributed by atoms with Crippen LogP contribution in [0.25, 0.3) is 22.8 Å². The van der Waals surface area contributed by atoms with Gasteiger partial charge in [-0.3, -0.25) is 0 Å². The van der Waals surface area contributed by atoms with E-state index in [2.05, 4.69) is 40.7 Å². The summed E-state index contributed by atoms with van der Waals surface area (Å²) in [4.78, 5) is 8.32. The lowest BCUT2D eigenvalue weighted by Gasteiger charge is -2.51. The zero-order valence-electron chi connectivity index (χ0n) is 37.0. The van der Waals surface area contributed by atoms with Crippen LogP contribution < -0.4 is 0 Å². The highest BCUT2D eigenvalue weighted by molar-refractivity contribution is 5.62. The first-order chi connectivity index (χ1) is 32.4. The van der Waals surface area contributed by atoms with Crippen molar-refractivity contribution in [3.63, 3.8) is 0 Å². The Morgan fingerprint density at radius 1 is 0.478 bits per heavy atom. The molecular weight excluding hydrogens is 941 g/mol. The predicted molar refractivity (Wildman–Crippen MR) is 218 cm³/mol. The van der Waals surface area contributed by atoms with Gasteiger partial charge >= 0.3 is 24.7 Å². The second kappa shape index (κ2) is 16.9. The smallest absolute Gasteiger partial charge is 0.339 e. The minimum Gasteiger partial charge on any atom is -0.339 e. The summed E-state index contributed by atoms with van der Waals surface area (Å²) in [7, 11) is 3.36. The summed E-state index contributed by atoms with van der Waals surface area (Å²) >= 11 is 0. The Morgan fingerprint density at radius 3 is 1.22 bits per heavy atom. The van der Waals surface area contributed by atoms with E-state index in [1.54, 1.807) is 29.3 Å². The lowest BCUT2D eigenvalue weighted by molar-refractivity contribution is -0.138. The average molecular weight is 985 g/mol. The maximum atomic E-state index is 13.6. The van der Waals surface area contributed by atoms with Crippen LogP contribution in [-0.2, 0) is 60.9 Å². The van der Waals surface area contributed by atoms with Crippen molar-refractivity contribution in [2.75, 3.05) is 0 Å². The summed E-state index contributed by atoms with van der Waals surface area (Å²) in [5.41, 5.74) is -3.11. The van der Waals surface area contributed by atoms with Gasteiger partial charge in [-0.25, -0.2) is 0 Å². The molecule has 6 aliphatic rings. The zero-order chi connectivity index (χ0) is 49.4. The molecule has 4 aromatic heterocycles. The zero-order valence-corrected chi connectivity index (χ0v) is 37.0. The molecule has 6 fully saturated rings. The van der Waals surface area contributed by atoms with Gasteiger partial charge in [0.1, 0.15) is 18.1 Å². The van der Waals surface area contributed by atoms with Crippen LogP contribution >= 0.6 is 0 Å². The van der Waals surface area contributed by atoms with Crippen molar-refractivity contribution < 1.29 is 61.7 Å². The number of alkyl halides is 12. The quantitative estimate of drug-likeness (QED) is 0.129. The predicted octanol–water partition coefficient (Wildman–Crippen LogP) is 11.5. The van der Waals surface area contributed by atoms with Crippen molar-refractivity contribution >= 4 is 0 Å². The molecule has 0 spiro atoms. The van der Waals surface area contributed by atoms with Crippen LogP contribution in [-0.4, -0.2) is 62.2 Å². The Bertz CT molecular complexity index is 2770. The highest BCUT2D eigenvalue weighted by atomic mass is 19.4. The third-order valence-electron chi connectivity index (χ3n) is 15.0. The van der Waals surface area contributed by atoms with E-state index in [4.69, 9.17) is 9.05 Å². The molecule has 0 atom stereocenters. The van der Waals surface area contributed by atoms with E-state index in [-0.39, 0.29) is 51.3 Å². The summed E-state index contributed by atoms with van der Waals surface area (Å²) in [6, 6.07) is 10.6. The summed E-state index contributed by atoms with van der Waals surface area (Å²) < 4.78 is 170. The largest absolute Gasteiger partial charge is 0.417 e. The molecule has 0 saturated heterocycles. The molecule has 0 amide bonds. The Hall–Kier alpha value is -5.84. The van der Waals surface area contributed by atoms with Gasteiger partial charge in [0.15, 0.2) is 23.3 Å². The molecule has 4 bridgehead atoms. The number of hydrogen-bond donors (Lipinski definition) is 0. The van der Waals surface area contributed by atoms with Crippen molar-refractivity contribution in [1.82, 2.24) is 49.8 Å². The molecule has 4 heterocycles.